The third-order valence-electron chi connectivity index (χ3n) is 2.89. The number of methoxy groups -OCH3 is 1. The van der Waals surface area contributed by atoms with E-state index in [-0.39, 0.29) is 6.10 Å². The fourth-order valence-electron chi connectivity index (χ4n) is 1.79. The molecule has 0 aliphatic rings. The standard InChI is InChI=1S/C14H25N3O/c1-9(2)13(18-6)14-16-7-11(5)12(17-14)8-15-10(3)4/h7,9-10,13,15H,8H2,1-6H3. The van der Waals surface area contributed by atoms with Crippen molar-refractivity contribution in [1.29, 1.82) is 0 Å². The Morgan fingerprint density at radius 1 is 1.28 bits per heavy atom. The Morgan fingerprint density at radius 2 is 1.94 bits per heavy atom. The molecule has 0 radical (unpaired) electrons. The normalized spacial score (nSPS) is 13.3. The maximum atomic E-state index is 5.47. The molecule has 1 atom stereocenters. The number of rotatable bonds is 6. The summed E-state index contributed by atoms with van der Waals surface area (Å²) < 4.78 is 5.47. The highest BCUT2D eigenvalue weighted by molar-refractivity contribution is 5.16. The van der Waals surface area contributed by atoms with Crippen molar-refractivity contribution in [2.24, 2.45) is 5.92 Å². The lowest BCUT2D eigenvalue weighted by atomic mass is 10.1. The minimum absolute atomic E-state index is 0.0385. The maximum Gasteiger partial charge on any atom is 0.157 e. The van der Waals surface area contributed by atoms with Crippen molar-refractivity contribution in [2.45, 2.75) is 53.3 Å². The highest BCUT2D eigenvalue weighted by Crippen LogP contribution is 2.22. The summed E-state index contributed by atoms with van der Waals surface area (Å²) in [5.41, 5.74) is 2.17. The van der Waals surface area contributed by atoms with Crippen LogP contribution >= 0.6 is 0 Å². The van der Waals surface area contributed by atoms with Crippen molar-refractivity contribution >= 4 is 0 Å². The highest BCUT2D eigenvalue weighted by Gasteiger charge is 2.18. The first-order valence-corrected chi connectivity index (χ1v) is 6.54. The van der Waals surface area contributed by atoms with Crippen LogP contribution in [0, 0.1) is 12.8 Å². The van der Waals surface area contributed by atoms with E-state index < -0.39 is 0 Å². The lowest BCUT2D eigenvalue weighted by Crippen LogP contribution is -2.24. The van der Waals surface area contributed by atoms with Crippen molar-refractivity contribution < 1.29 is 4.74 Å². The molecule has 0 aliphatic carbocycles. The molecule has 18 heavy (non-hydrogen) atoms. The van der Waals surface area contributed by atoms with Gasteiger partial charge in [0.1, 0.15) is 6.10 Å². The second-order valence-electron chi connectivity index (χ2n) is 5.29. The van der Waals surface area contributed by atoms with Gasteiger partial charge in [-0.2, -0.15) is 0 Å². The van der Waals surface area contributed by atoms with Gasteiger partial charge in [-0.3, -0.25) is 0 Å². The topological polar surface area (TPSA) is 47.0 Å². The number of aromatic nitrogens is 2. The molecule has 0 spiro atoms. The van der Waals surface area contributed by atoms with Crippen LogP contribution in [0.2, 0.25) is 0 Å². The fourth-order valence-corrected chi connectivity index (χ4v) is 1.79. The molecule has 0 fully saturated rings. The SMILES string of the molecule is COC(c1ncc(C)c(CNC(C)C)n1)C(C)C. The molecule has 1 aromatic heterocycles. The first-order chi connectivity index (χ1) is 8.45. The third-order valence-corrected chi connectivity index (χ3v) is 2.89. The Morgan fingerprint density at radius 3 is 2.44 bits per heavy atom. The van der Waals surface area contributed by atoms with Gasteiger partial charge in [-0.05, 0) is 18.4 Å². The van der Waals surface area contributed by atoms with Crippen LogP contribution in [0.4, 0.5) is 0 Å². The minimum Gasteiger partial charge on any atom is -0.373 e. The first-order valence-electron chi connectivity index (χ1n) is 6.54. The first kappa shape index (κ1) is 15.1. The molecule has 1 N–H and O–H groups in total. The fraction of sp³-hybridized carbons (Fsp3) is 0.714. The summed E-state index contributed by atoms with van der Waals surface area (Å²) in [5.74, 6) is 1.14. The van der Waals surface area contributed by atoms with Crippen LogP contribution in [0.25, 0.3) is 0 Å². The summed E-state index contributed by atoms with van der Waals surface area (Å²) in [4.78, 5) is 9.03. The van der Waals surface area contributed by atoms with E-state index in [1.165, 1.54) is 0 Å². The van der Waals surface area contributed by atoms with E-state index in [9.17, 15) is 0 Å². The Kier molecular flexibility index (Phi) is 5.69. The molecule has 0 amide bonds. The second kappa shape index (κ2) is 6.81. The molecule has 1 aromatic rings. The van der Waals surface area contributed by atoms with Crippen molar-refractivity contribution in [3.8, 4) is 0 Å². The van der Waals surface area contributed by atoms with E-state index in [1.807, 2.05) is 13.1 Å². The summed E-state index contributed by atoms with van der Waals surface area (Å²) in [6.07, 6.45) is 1.84. The summed E-state index contributed by atoms with van der Waals surface area (Å²) in [6.45, 7) is 11.3. The number of aryl methyl sites for hydroxylation is 1. The third kappa shape index (κ3) is 4.03. The van der Waals surface area contributed by atoms with Crippen LogP contribution in [0.1, 0.15) is 50.9 Å². The van der Waals surface area contributed by atoms with Gasteiger partial charge in [-0.15, -0.1) is 0 Å². The van der Waals surface area contributed by atoms with Gasteiger partial charge in [0, 0.05) is 25.9 Å². The van der Waals surface area contributed by atoms with E-state index in [1.54, 1.807) is 7.11 Å². The molecule has 4 heteroatoms. The second-order valence-corrected chi connectivity index (χ2v) is 5.29. The Balaban J connectivity index is 2.92. The predicted molar refractivity (Wildman–Crippen MR) is 73.3 cm³/mol. The lowest BCUT2D eigenvalue weighted by molar-refractivity contribution is 0.0572. The van der Waals surface area contributed by atoms with Crippen molar-refractivity contribution in [3.05, 3.63) is 23.3 Å². The molecule has 4 nitrogen and oxygen atoms in total. The van der Waals surface area contributed by atoms with Crippen LogP contribution in [0.15, 0.2) is 6.20 Å². The smallest absolute Gasteiger partial charge is 0.157 e. The van der Waals surface area contributed by atoms with Gasteiger partial charge in [0.25, 0.3) is 0 Å². The zero-order valence-electron chi connectivity index (χ0n) is 12.3. The number of ether oxygens (including phenoxy) is 1. The minimum atomic E-state index is -0.0385. The van der Waals surface area contributed by atoms with Crippen molar-refractivity contribution in [2.75, 3.05) is 7.11 Å². The summed E-state index contributed by atoms with van der Waals surface area (Å²) in [6, 6.07) is 0.450. The van der Waals surface area contributed by atoms with Crippen molar-refractivity contribution in [1.82, 2.24) is 15.3 Å². The van der Waals surface area contributed by atoms with Crippen LogP contribution in [0.3, 0.4) is 0 Å². The van der Waals surface area contributed by atoms with E-state index in [0.717, 1.165) is 23.6 Å². The van der Waals surface area contributed by atoms with Crippen LogP contribution in [-0.4, -0.2) is 23.1 Å². The van der Waals surface area contributed by atoms with E-state index in [2.05, 4.69) is 43.0 Å². The summed E-state index contributed by atoms with van der Waals surface area (Å²) >= 11 is 0. The Labute approximate surface area is 110 Å². The zero-order valence-corrected chi connectivity index (χ0v) is 12.3. The molecule has 0 aromatic carbocycles. The van der Waals surface area contributed by atoms with Gasteiger partial charge >= 0.3 is 0 Å². The average molecular weight is 251 g/mol. The van der Waals surface area contributed by atoms with E-state index >= 15 is 0 Å². The highest BCUT2D eigenvalue weighted by atomic mass is 16.5. The monoisotopic (exact) mass is 251 g/mol. The van der Waals surface area contributed by atoms with Gasteiger partial charge < -0.3 is 10.1 Å². The largest absolute Gasteiger partial charge is 0.373 e. The van der Waals surface area contributed by atoms with Gasteiger partial charge in [-0.1, -0.05) is 27.7 Å². The van der Waals surface area contributed by atoms with Crippen LogP contribution in [0.5, 0.6) is 0 Å². The zero-order chi connectivity index (χ0) is 13.7. The number of hydrogen-bond donors (Lipinski definition) is 1. The molecule has 1 unspecified atom stereocenters. The molecule has 102 valence electrons. The Bertz CT molecular complexity index is 377. The predicted octanol–water partition coefficient (Wildman–Crippen LogP) is 2.63. The Hall–Kier alpha value is -1.00. The van der Waals surface area contributed by atoms with E-state index in [0.29, 0.717) is 12.0 Å². The maximum absolute atomic E-state index is 5.47. The van der Waals surface area contributed by atoms with Crippen LogP contribution < -0.4 is 5.32 Å². The van der Waals surface area contributed by atoms with Gasteiger partial charge in [-0.25, -0.2) is 9.97 Å². The van der Waals surface area contributed by atoms with Gasteiger partial charge in [0.2, 0.25) is 0 Å². The lowest BCUT2D eigenvalue weighted by Gasteiger charge is -2.19. The summed E-state index contributed by atoms with van der Waals surface area (Å²) in [7, 11) is 1.71. The average Bonchev–Trinajstić information content (AvgIpc) is 2.29. The van der Waals surface area contributed by atoms with E-state index in [4.69, 9.17) is 4.74 Å². The van der Waals surface area contributed by atoms with Crippen molar-refractivity contribution in [3.63, 3.8) is 0 Å². The molecule has 1 rings (SSSR count). The molecule has 0 saturated carbocycles. The van der Waals surface area contributed by atoms with Gasteiger partial charge in [0.15, 0.2) is 5.82 Å². The summed E-state index contributed by atoms with van der Waals surface area (Å²) in [5, 5.41) is 3.38. The molecule has 0 saturated heterocycles. The number of hydrogen-bond acceptors (Lipinski definition) is 4. The quantitative estimate of drug-likeness (QED) is 0.844. The molecular weight excluding hydrogens is 226 g/mol. The molecule has 1 heterocycles. The van der Waals surface area contributed by atoms with Crippen LogP contribution in [-0.2, 0) is 11.3 Å². The number of nitrogens with zero attached hydrogens (tertiary/aromatic N) is 2. The molecule has 0 bridgehead atoms. The molecule has 0 aliphatic heterocycles. The number of nitrogens with one attached hydrogen (secondary N) is 1. The van der Waals surface area contributed by atoms with Gasteiger partial charge in [0.05, 0.1) is 5.69 Å². The molecular formula is C14H25N3O.